The predicted molar refractivity (Wildman–Crippen MR) is 78.0 cm³/mol. The lowest BCUT2D eigenvalue weighted by Crippen LogP contribution is -2.53. The summed E-state index contributed by atoms with van der Waals surface area (Å²) in [6.45, 7) is 10.6. The van der Waals surface area contributed by atoms with Crippen molar-refractivity contribution in [3.63, 3.8) is 0 Å². The highest BCUT2D eigenvalue weighted by Gasteiger charge is 2.32. The van der Waals surface area contributed by atoms with Gasteiger partial charge in [0.25, 0.3) is 0 Å². The average Bonchev–Trinajstić information content (AvgIpc) is 2.43. The zero-order chi connectivity index (χ0) is 13.4. The van der Waals surface area contributed by atoms with Gasteiger partial charge in [-0.2, -0.15) is 0 Å². The minimum absolute atomic E-state index is 0.661. The summed E-state index contributed by atoms with van der Waals surface area (Å²) in [5.41, 5.74) is 0. The molecule has 1 rings (SSSR count). The third-order valence-corrected chi connectivity index (χ3v) is 4.48. The van der Waals surface area contributed by atoms with Gasteiger partial charge in [0, 0.05) is 25.2 Å². The molecule has 1 N–H and O–H groups in total. The van der Waals surface area contributed by atoms with Crippen LogP contribution in [0.25, 0.3) is 0 Å². The Hall–Kier alpha value is -0.120. The van der Waals surface area contributed by atoms with Gasteiger partial charge in [-0.15, -0.1) is 0 Å². The molecular formula is C15H32N2O. The van der Waals surface area contributed by atoms with Gasteiger partial charge in [-0.25, -0.2) is 0 Å². The summed E-state index contributed by atoms with van der Waals surface area (Å²) in [7, 11) is 2.11. The molecule has 3 atom stereocenters. The molecule has 3 nitrogen and oxygen atoms in total. The van der Waals surface area contributed by atoms with E-state index in [-0.39, 0.29) is 0 Å². The molecule has 3 heteroatoms. The van der Waals surface area contributed by atoms with Crippen molar-refractivity contribution in [2.75, 3.05) is 33.4 Å². The average molecular weight is 256 g/mol. The summed E-state index contributed by atoms with van der Waals surface area (Å²) < 4.78 is 5.52. The highest BCUT2D eigenvalue weighted by molar-refractivity contribution is 4.90. The Balaban J connectivity index is 2.54. The first-order valence-corrected chi connectivity index (χ1v) is 7.75. The van der Waals surface area contributed by atoms with Gasteiger partial charge in [0.15, 0.2) is 0 Å². The van der Waals surface area contributed by atoms with Crippen LogP contribution in [0.5, 0.6) is 0 Å². The minimum Gasteiger partial charge on any atom is -0.380 e. The Morgan fingerprint density at radius 2 is 2.00 bits per heavy atom. The second-order valence-corrected chi connectivity index (χ2v) is 5.38. The molecule has 1 fully saturated rings. The van der Waals surface area contributed by atoms with Crippen molar-refractivity contribution < 1.29 is 4.74 Å². The molecule has 0 aromatic rings. The predicted octanol–water partition coefficient (Wildman–Crippen LogP) is 2.51. The van der Waals surface area contributed by atoms with Gasteiger partial charge in [0.2, 0.25) is 0 Å². The molecule has 1 aliphatic carbocycles. The molecule has 0 heterocycles. The quantitative estimate of drug-likeness (QED) is 0.675. The molecular weight excluding hydrogens is 224 g/mol. The lowest BCUT2D eigenvalue weighted by atomic mass is 9.80. The van der Waals surface area contributed by atoms with Crippen molar-refractivity contribution in [2.24, 2.45) is 5.92 Å². The molecule has 18 heavy (non-hydrogen) atoms. The normalized spacial score (nSPS) is 28.8. The lowest BCUT2D eigenvalue weighted by molar-refractivity contribution is 0.0611. The highest BCUT2D eigenvalue weighted by atomic mass is 16.5. The summed E-state index contributed by atoms with van der Waals surface area (Å²) >= 11 is 0. The van der Waals surface area contributed by atoms with E-state index in [2.05, 4.69) is 38.0 Å². The van der Waals surface area contributed by atoms with Crippen LogP contribution in [0, 0.1) is 5.92 Å². The van der Waals surface area contributed by atoms with Crippen molar-refractivity contribution in [3.05, 3.63) is 0 Å². The fourth-order valence-electron chi connectivity index (χ4n) is 3.23. The van der Waals surface area contributed by atoms with Crippen LogP contribution in [0.1, 0.15) is 46.5 Å². The minimum atomic E-state index is 0.661. The Kier molecular flexibility index (Phi) is 7.87. The standard InChI is InChI=1S/C15H32N2O/c1-5-13-8-9-14(16-4)15(12-13)17(6-2)10-11-18-7-3/h13-16H,5-12H2,1-4H3. The summed E-state index contributed by atoms with van der Waals surface area (Å²) in [6.07, 6.45) is 5.39. The maximum absolute atomic E-state index is 5.52. The fraction of sp³-hybridized carbons (Fsp3) is 1.00. The van der Waals surface area contributed by atoms with E-state index in [9.17, 15) is 0 Å². The van der Waals surface area contributed by atoms with Crippen LogP contribution in [0.3, 0.4) is 0 Å². The monoisotopic (exact) mass is 256 g/mol. The van der Waals surface area contributed by atoms with Crippen LogP contribution in [-0.4, -0.2) is 50.3 Å². The first-order chi connectivity index (χ1) is 8.76. The lowest BCUT2D eigenvalue weighted by Gasteiger charge is -2.42. The molecule has 0 saturated heterocycles. The number of nitrogens with zero attached hydrogens (tertiary/aromatic N) is 1. The van der Waals surface area contributed by atoms with Crippen LogP contribution in [0.2, 0.25) is 0 Å². The topological polar surface area (TPSA) is 24.5 Å². The Morgan fingerprint density at radius 1 is 1.22 bits per heavy atom. The number of ether oxygens (including phenoxy) is 1. The van der Waals surface area contributed by atoms with Crippen LogP contribution < -0.4 is 5.32 Å². The molecule has 0 aromatic heterocycles. The van der Waals surface area contributed by atoms with Gasteiger partial charge < -0.3 is 10.1 Å². The van der Waals surface area contributed by atoms with Crippen molar-refractivity contribution >= 4 is 0 Å². The molecule has 0 aliphatic heterocycles. The SMILES string of the molecule is CCOCCN(CC)C1CC(CC)CCC1NC. The zero-order valence-electron chi connectivity index (χ0n) is 12.7. The van der Waals surface area contributed by atoms with Crippen LogP contribution in [0.4, 0.5) is 0 Å². The van der Waals surface area contributed by atoms with E-state index in [4.69, 9.17) is 4.74 Å². The molecule has 1 saturated carbocycles. The molecule has 0 spiro atoms. The maximum Gasteiger partial charge on any atom is 0.0593 e. The van der Waals surface area contributed by atoms with Gasteiger partial charge in [0.1, 0.15) is 0 Å². The first kappa shape index (κ1) is 15.9. The number of nitrogens with one attached hydrogen (secondary N) is 1. The fourth-order valence-corrected chi connectivity index (χ4v) is 3.23. The van der Waals surface area contributed by atoms with Crippen molar-refractivity contribution in [1.29, 1.82) is 0 Å². The van der Waals surface area contributed by atoms with Crippen LogP contribution in [0.15, 0.2) is 0 Å². The van der Waals surface area contributed by atoms with Gasteiger partial charge in [-0.05, 0) is 45.7 Å². The Labute approximate surface area is 113 Å². The molecule has 1 aliphatic rings. The van der Waals surface area contributed by atoms with E-state index in [1.807, 2.05) is 0 Å². The largest absolute Gasteiger partial charge is 0.380 e. The van der Waals surface area contributed by atoms with Crippen LogP contribution >= 0.6 is 0 Å². The van der Waals surface area contributed by atoms with Crippen molar-refractivity contribution in [1.82, 2.24) is 10.2 Å². The van der Waals surface area contributed by atoms with Gasteiger partial charge in [-0.3, -0.25) is 4.90 Å². The molecule has 0 radical (unpaired) electrons. The Bertz CT molecular complexity index is 211. The summed E-state index contributed by atoms with van der Waals surface area (Å²) in [6, 6.07) is 1.36. The second-order valence-electron chi connectivity index (χ2n) is 5.38. The van der Waals surface area contributed by atoms with E-state index in [0.29, 0.717) is 12.1 Å². The Morgan fingerprint density at radius 3 is 2.56 bits per heavy atom. The van der Waals surface area contributed by atoms with E-state index in [1.54, 1.807) is 0 Å². The number of hydrogen-bond donors (Lipinski definition) is 1. The number of hydrogen-bond acceptors (Lipinski definition) is 3. The summed E-state index contributed by atoms with van der Waals surface area (Å²) in [4.78, 5) is 2.61. The molecule has 0 amide bonds. The number of likely N-dealkylation sites (N-methyl/N-ethyl adjacent to an activating group) is 2. The van der Waals surface area contributed by atoms with Gasteiger partial charge >= 0.3 is 0 Å². The van der Waals surface area contributed by atoms with E-state index < -0.39 is 0 Å². The van der Waals surface area contributed by atoms with E-state index >= 15 is 0 Å². The summed E-state index contributed by atoms with van der Waals surface area (Å²) in [5.74, 6) is 0.917. The second kappa shape index (κ2) is 8.89. The van der Waals surface area contributed by atoms with Crippen LogP contribution in [-0.2, 0) is 4.74 Å². The van der Waals surface area contributed by atoms with Gasteiger partial charge in [0.05, 0.1) is 6.61 Å². The smallest absolute Gasteiger partial charge is 0.0593 e. The van der Waals surface area contributed by atoms with E-state index in [0.717, 1.165) is 32.2 Å². The van der Waals surface area contributed by atoms with E-state index in [1.165, 1.54) is 25.7 Å². The maximum atomic E-state index is 5.52. The molecule has 108 valence electrons. The number of rotatable bonds is 8. The molecule has 0 bridgehead atoms. The first-order valence-electron chi connectivity index (χ1n) is 7.75. The highest BCUT2D eigenvalue weighted by Crippen LogP contribution is 2.29. The third kappa shape index (κ3) is 4.52. The van der Waals surface area contributed by atoms with Gasteiger partial charge in [-0.1, -0.05) is 20.3 Å². The summed E-state index contributed by atoms with van der Waals surface area (Å²) in [5, 5.41) is 3.52. The zero-order valence-corrected chi connectivity index (χ0v) is 12.7. The molecule has 0 aromatic carbocycles. The van der Waals surface area contributed by atoms with Crippen molar-refractivity contribution in [2.45, 2.75) is 58.5 Å². The van der Waals surface area contributed by atoms with Crippen molar-refractivity contribution in [3.8, 4) is 0 Å². The third-order valence-electron chi connectivity index (χ3n) is 4.48. The molecule has 3 unspecified atom stereocenters.